The SMILES string of the molecule is Cc1c(Br)ccc(NC(=O)CCN2C(=O)[C@@H]3[C@@H](C2=O)C2(Cl)c4ccccc4C3(Cl)c3ccccc32)c1C. The van der Waals surface area contributed by atoms with E-state index in [-0.39, 0.29) is 30.7 Å². The van der Waals surface area contributed by atoms with Crippen LogP contribution < -0.4 is 5.32 Å². The molecule has 1 heterocycles. The summed E-state index contributed by atoms with van der Waals surface area (Å²) in [4.78, 5) is 39.3. The maximum atomic E-state index is 13.8. The number of anilines is 1. The smallest absolute Gasteiger partial charge is 0.235 e. The van der Waals surface area contributed by atoms with E-state index in [0.29, 0.717) is 5.69 Å². The normalized spacial score (nSPS) is 27.1. The quantitative estimate of drug-likeness (QED) is 0.297. The number of hydrogen-bond donors (Lipinski definition) is 1. The molecule has 1 fully saturated rings. The minimum atomic E-state index is -1.22. The minimum Gasteiger partial charge on any atom is -0.326 e. The summed E-state index contributed by atoms with van der Waals surface area (Å²) in [5.74, 6) is -2.77. The number of imide groups is 1. The molecule has 3 aromatic carbocycles. The van der Waals surface area contributed by atoms with Crippen molar-refractivity contribution in [2.24, 2.45) is 11.8 Å². The summed E-state index contributed by atoms with van der Waals surface area (Å²) >= 11 is 18.3. The highest BCUT2D eigenvalue weighted by Crippen LogP contribution is 2.69. The summed E-state index contributed by atoms with van der Waals surface area (Å²) in [6.45, 7) is 3.85. The van der Waals surface area contributed by atoms with Gasteiger partial charge < -0.3 is 5.32 Å². The van der Waals surface area contributed by atoms with Gasteiger partial charge in [0.15, 0.2) is 0 Å². The number of hydrogen-bond acceptors (Lipinski definition) is 3. The van der Waals surface area contributed by atoms with Gasteiger partial charge in [0.1, 0.15) is 9.75 Å². The number of benzene rings is 3. The van der Waals surface area contributed by atoms with Crippen LogP contribution in [0.3, 0.4) is 0 Å². The van der Waals surface area contributed by atoms with Gasteiger partial charge in [0.25, 0.3) is 0 Å². The fraction of sp³-hybridized carbons (Fsp3) is 0.276. The van der Waals surface area contributed by atoms with Gasteiger partial charge in [0.05, 0.1) is 11.8 Å². The van der Waals surface area contributed by atoms with Crippen LogP contribution in [0.2, 0.25) is 0 Å². The summed E-state index contributed by atoms with van der Waals surface area (Å²) in [5, 5.41) is 2.91. The zero-order valence-corrected chi connectivity index (χ0v) is 23.2. The second-order valence-electron chi connectivity index (χ2n) is 9.94. The van der Waals surface area contributed by atoms with Crippen molar-refractivity contribution in [1.82, 2.24) is 4.90 Å². The lowest BCUT2D eigenvalue weighted by Gasteiger charge is -2.54. The van der Waals surface area contributed by atoms with Crippen LogP contribution in [0.25, 0.3) is 0 Å². The molecule has 2 bridgehead atoms. The zero-order valence-electron chi connectivity index (χ0n) is 20.1. The molecular weight excluding hydrogens is 575 g/mol. The Morgan fingerprint density at radius 1 is 0.838 bits per heavy atom. The molecule has 3 aliphatic carbocycles. The van der Waals surface area contributed by atoms with Gasteiger partial charge in [-0.3, -0.25) is 19.3 Å². The number of likely N-dealkylation sites (tertiary alicyclic amines) is 1. The molecule has 0 aromatic heterocycles. The van der Waals surface area contributed by atoms with E-state index in [4.69, 9.17) is 23.2 Å². The van der Waals surface area contributed by atoms with Crippen LogP contribution in [0.4, 0.5) is 5.69 Å². The Labute approximate surface area is 233 Å². The molecule has 0 radical (unpaired) electrons. The molecule has 3 amide bonds. The van der Waals surface area contributed by atoms with E-state index in [1.807, 2.05) is 74.5 Å². The summed E-state index contributed by atoms with van der Waals surface area (Å²) in [5.41, 5.74) is 5.70. The van der Waals surface area contributed by atoms with E-state index in [9.17, 15) is 14.4 Å². The Hall–Kier alpha value is -2.67. The molecule has 5 nitrogen and oxygen atoms in total. The van der Waals surface area contributed by atoms with Crippen molar-refractivity contribution in [2.45, 2.75) is 30.0 Å². The molecule has 0 saturated carbocycles. The molecule has 1 aliphatic heterocycles. The molecule has 1 saturated heterocycles. The number of carbonyl (C=O) groups excluding carboxylic acids is 3. The van der Waals surface area contributed by atoms with E-state index in [1.165, 1.54) is 4.90 Å². The topological polar surface area (TPSA) is 66.5 Å². The summed E-state index contributed by atoms with van der Waals surface area (Å²) in [7, 11) is 0. The zero-order chi connectivity index (χ0) is 26.3. The highest BCUT2D eigenvalue weighted by Gasteiger charge is 2.72. The third kappa shape index (κ3) is 3.19. The molecule has 2 atom stereocenters. The maximum Gasteiger partial charge on any atom is 0.235 e. The van der Waals surface area contributed by atoms with Crippen LogP contribution in [0, 0.1) is 25.7 Å². The van der Waals surface area contributed by atoms with E-state index in [2.05, 4.69) is 21.2 Å². The Morgan fingerprint density at radius 2 is 1.30 bits per heavy atom. The fourth-order valence-corrected chi connectivity index (χ4v) is 7.82. The van der Waals surface area contributed by atoms with Crippen LogP contribution in [0.1, 0.15) is 39.8 Å². The van der Waals surface area contributed by atoms with E-state index in [0.717, 1.165) is 37.9 Å². The predicted octanol–water partition coefficient (Wildman–Crippen LogP) is 5.99. The molecule has 3 aromatic rings. The standard InChI is InChI=1S/C29H23BrCl2N2O3/c1-15-16(2)22(12-11-21(15)30)33-23(35)13-14-34-26(36)24-25(27(34)37)29(32)18-8-4-3-7-17(18)28(24,31)19-9-5-6-10-20(19)29/h3-12,24-25H,13-14H2,1-2H3,(H,33,35)/t24-,25-,28?,29?/m0/s1. The lowest BCUT2D eigenvalue weighted by molar-refractivity contribution is -0.140. The number of amides is 3. The number of nitrogens with one attached hydrogen (secondary N) is 1. The largest absolute Gasteiger partial charge is 0.326 e. The summed E-state index contributed by atoms with van der Waals surface area (Å²) < 4.78 is 0.959. The summed E-state index contributed by atoms with van der Waals surface area (Å²) in [6, 6.07) is 18.8. The maximum absolute atomic E-state index is 13.8. The first-order chi connectivity index (χ1) is 17.6. The molecule has 4 aliphatic rings. The first-order valence-electron chi connectivity index (χ1n) is 12.1. The molecule has 0 unspecified atom stereocenters. The Kier molecular flexibility index (Phi) is 5.61. The highest BCUT2D eigenvalue weighted by atomic mass is 79.9. The molecule has 37 heavy (non-hydrogen) atoms. The van der Waals surface area contributed by atoms with Crippen LogP contribution >= 0.6 is 39.1 Å². The average Bonchev–Trinajstić information content (AvgIpc) is 3.16. The van der Waals surface area contributed by atoms with Crippen molar-refractivity contribution < 1.29 is 14.4 Å². The van der Waals surface area contributed by atoms with Gasteiger partial charge in [-0.15, -0.1) is 23.2 Å². The van der Waals surface area contributed by atoms with Crippen molar-refractivity contribution in [3.63, 3.8) is 0 Å². The summed E-state index contributed by atoms with van der Waals surface area (Å²) in [6.07, 6.45) is -0.0318. The van der Waals surface area contributed by atoms with E-state index >= 15 is 0 Å². The first kappa shape index (κ1) is 24.7. The molecular formula is C29H23BrCl2N2O3. The van der Waals surface area contributed by atoms with Crippen molar-refractivity contribution in [1.29, 1.82) is 0 Å². The Bertz CT molecular complexity index is 1400. The van der Waals surface area contributed by atoms with Crippen LogP contribution in [0.5, 0.6) is 0 Å². The Balaban J connectivity index is 1.32. The molecule has 8 heteroatoms. The molecule has 0 spiro atoms. The Morgan fingerprint density at radius 3 is 1.76 bits per heavy atom. The monoisotopic (exact) mass is 596 g/mol. The van der Waals surface area contributed by atoms with E-state index in [1.54, 1.807) is 0 Å². The molecule has 1 N–H and O–H groups in total. The highest BCUT2D eigenvalue weighted by molar-refractivity contribution is 9.10. The number of nitrogens with zero attached hydrogens (tertiary/aromatic N) is 1. The fourth-order valence-electron chi connectivity index (χ4n) is 6.29. The van der Waals surface area contributed by atoms with Crippen molar-refractivity contribution in [3.8, 4) is 0 Å². The van der Waals surface area contributed by atoms with Gasteiger partial charge in [-0.2, -0.15) is 0 Å². The second kappa shape index (κ2) is 8.42. The second-order valence-corrected chi connectivity index (χ2v) is 12.0. The number of halogens is 3. The van der Waals surface area contributed by atoms with Gasteiger partial charge in [0.2, 0.25) is 17.7 Å². The predicted molar refractivity (Wildman–Crippen MR) is 147 cm³/mol. The van der Waals surface area contributed by atoms with Gasteiger partial charge in [0, 0.05) is 23.1 Å². The van der Waals surface area contributed by atoms with Gasteiger partial charge in [-0.05, 0) is 59.4 Å². The minimum absolute atomic E-state index is 0.0318. The van der Waals surface area contributed by atoms with Crippen molar-refractivity contribution in [3.05, 3.63) is 98.5 Å². The van der Waals surface area contributed by atoms with Crippen LogP contribution in [0.15, 0.2) is 65.1 Å². The average molecular weight is 598 g/mol. The van der Waals surface area contributed by atoms with Gasteiger partial charge in [-0.1, -0.05) is 64.5 Å². The van der Waals surface area contributed by atoms with Crippen LogP contribution in [-0.4, -0.2) is 29.2 Å². The number of carbonyl (C=O) groups is 3. The third-order valence-corrected chi connectivity index (χ3v) is 10.4. The molecule has 188 valence electrons. The lowest BCUT2D eigenvalue weighted by Crippen LogP contribution is -2.57. The van der Waals surface area contributed by atoms with E-state index < -0.39 is 21.6 Å². The molecule has 7 rings (SSSR count). The van der Waals surface area contributed by atoms with Gasteiger partial charge >= 0.3 is 0 Å². The first-order valence-corrected chi connectivity index (χ1v) is 13.6. The van der Waals surface area contributed by atoms with Crippen molar-refractivity contribution in [2.75, 3.05) is 11.9 Å². The lowest BCUT2D eigenvalue weighted by atomic mass is 9.54. The number of rotatable bonds is 4. The van der Waals surface area contributed by atoms with Crippen molar-refractivity contribution >= 4 is 62.5 Å². The van der Waals surface area contributed by atoms with Crippen LogP contribution in [-0.2, 0) is 24.1 Å². The number of alkyl halides is 2. The third-order valence-electron chi connectivity index (χ3n) is 8.23. The van der Waals surface area contributed by atoms with Gasteiger partial charge in [-0.25, -0.2) is 0 Å².